The van der Waals surface area contributed by atoms with Crippen molar-refractivity contribution in [3.8, 4) is 22.3 Å². The summed E-state index contributed by atoms with van der Waals surface area (Å²) in [4.78, 5) is 4.17. The monoisotopic (exact) mass is 286 g/mol. The van der Waals surface area contributed by atoms with E-state index >= 15 is 0 Å². The molecule has 0 saturated carbocycles. The SMILES string of the molecule is Nc1cccc(-c2ccc3c(-c4cccnc4)coc3c2)c1. The van der Waals surface area contributed by atoms with Crippen molar-refractivity contribution in [3.63, 3.8) is 0 Å². The van der Waals surface area contributed by atoms with Gasteiger partial charge in [0.15, 0.2) is 0 Å². The number of fused-ring (bicyclic) bond motifs is 1. The van der Waals surface area contributed by atoms with Crippen LogP contribution in [0.25, 0.3) is 33.2 Å². The van der Waals surface area contributed by atoms with Crippen LogP contribution < -0.4 is 5.73 Å². The number of anilines is 1. The first-order chi connectivity index (χ1) is 10.8. The summed E-state index contributed by atoms with van der Waals surface area (Å²) in [5.41, 5.74) is 11.8. The third-order valence-electron chi connectivity index (χ3n) is 3.77. The van der Waals surface area contributed by atoms with Crippen molar-refractivity contribution in [3.05, 3.63) is 73.3 Å². The molecule has 2 aromatic carbocycles. The van der Waals surface area contributed by atoms with Crippen molar-refractivity contribution in [1.29, 1.82) is 0 Å². The molecule has 2 aromatic heterocycles. The van der Waals surface area contributed by atoms with Crippen LogP contribution in [-0.2, 0) is 0 Å². The number of hydrogen-bond acceptors (Lipinski definition) is 3. The quantitative estimate of drug-likeness (QED) is 0.541. The van der Waals surface area contributed by atoms with Crippen molar-refractivity contribution in [2.24, 2.45) is 0 Å². The summed E-state index contributed by atoms with van der Waals surface area (Å²) < 4.78 is 5.74. The van der Waals surface area contributed by atoms with Crippen LogP contribution >= 0.6 is 0 Å². The van der Waals surface area contributed by atoms with Gasteiger partial charge in [-0.1, -0.05) is 24.3 Å². The molecule has 3 heteroatoms. The number of benzene rings is 2. The molecule has 2 N–H and O–H groups in total. The van der Waals surface area contributed by atoms with Gasteiger partial charge < -0.3 is 10.2 Å². The molecule has 0 radical (unpaired) electrons. The molecular weight excluding hydrogens is 272 g/mol. The first-order valence-corrected chi connectivity index (χ1v) is 7.09. The minimum absolute atomic E-state index is 0.757. The zero-order chi connectivity index (χ0) is 14.9. The van der Waals surface area contributed by atoms with E-state index in [-0.39, 0.29) is 0 Å². The zero-order valence-corrected chi connectivity index (χ0v) is 11.9. The number of hydrogen-bond donors (Lipinski definition) is 1. The van der Waals surface area contributed by atoms with Gasteiger partial charge in [0.25, 0.3) is 0 Å². The second-order valence-corrected chi connectivity index (χ2v) is 5.23. The molecule has 0 saturated heterocycles. The Kier molecular flexibility index (Phi) is 2.90. The minimum atomic E-state index is 0.757. The number of aromatic nitrogens is 1. The Morgan fingerprint density at radius 2 is 1.73 bits per heavy atom. The van der Waals surface area contributed by atoms with Crippen LogP contribution in [0.15, 0.2) is 77.7 Å². The molecule has 2 heterocycles. The molecule has 106 valence electrons. The summed E-state index contributed by atoms with van der Waals surface area (Å²) in [5, 5.41) is 1.08. The second kappa shape index (κ2) is 5.04. The van der Waals surface area contributed by atoms with E-state index in [1.807, 2.05) is 48.7 Å². The van der Waals surface area contributed by atoms with E-state index in [4.69, 9.17) is 10.2 Å². The lowest BCUT2D eigenvalue weighted by Gasteiger charge is -2.03. The predicted octanol–water partition coefficient (Wildman–Crippen LogP) is 4.74. The molecule has 0 amide bonds. The molecule has 0 atom stereocenters. The molecule has 0 aliphatic rings. The van der Waals surface area contributed by atoms with Crippen LogP contribution in [0.5, 0.6) is 0 Å². The van der Waals surface area contributed by atoms with Gasteiger partial charge >= 0.3 is 0 Å². The Morgan fingerprint density at radius 1 is 0.864 bits per heavy atom. The third kappa shape index (κ3) is 2.13. The third-order valence-corrected chi connectivity index (χ3v) is 3.77. The molecule has 0 fully saturated rings. The Hall–Kier alpha value is -3.07. The van der Waals surface area contributed by atoms with Crippen LogP contribution in [0, 0.1) is 0 Å². The molecule has 0 spiro atoms. The Morgan fingerprint density at radius 3 is 2.55 bits per heavy atom. The second-order valence-electron chi connectivity index (χ2n) is 5.23. The molecule has 22 heavy (non-hydrogen) atoms. The fourth-order valence-electron chi connectivity index (χ4n) is 2.67. The number of nitrogens with zero attached hydrogens (tertiary/aromatic N) is 1. The van der Waals surface area contributed by atoms with Gasteiger partial charge in [-0.3, -0.25) is 4.98 Å². The maximum absolute atomic E-state index is 5.86. The standard InChI is InChI=1S/C19H14N2O/c20-16-5-1-3-13(9-16)14-6-7-17-18(12-22-19(17)10-14)15-4-2-8-21-11-15/h1-12H,20H2. The Balaban J connectivity index is 1.84. The van der Waals surface area contributed by atoms with E-state index in [1.165, 1.54) is 0 Å². The lowest BCUT2D eigenvalue weighted by Crippen LogP contribution is -1.85. The summed E-state index contributed by atoms with van der Waals surface area (Å²) in [6.07, 6.45) is 5.39. The summed E-state index contributed by atoms with van der Waals surface area (Å²) >= 11 is 0. The van der Waals surface area contributed by atoms with Crippen LogP contribution in [0.4, 0.5) is 5.69 Å². The maximum Gasteiger partial charge on any atom is 0.135 e. The first kappa shape index (κ1) is 12.7. The van der Waals surface area contributed by atoms with Crippen LogP contribution in [0.1, 0.15) is 0 Å². The average Bonchev–Trinajstić information content (AvgIpc) is 2.99. The smallest absolute Gasteiger partial charge is 0.135 e. The van der Waals surface area contributed by atoms with Crippen molar-refractivity contribution in [2.75, 3.05) is 5.73 Å². The van der Waals surface area contributed by atoms with E-state index in [9.17, 15) is 0 Å². The normalized spacial score (nSPS) is 10.9. The number of furan rings is 1. The van der Waals surface area contributed by atoms with E-state index in [0.29, 0.717) is 0 Å². The van der Waals surface area contributed by atoms with Crippen molar-refractivity contribution < 1.29 is 4.42 Å². The molecule has 4 rings (SSSR count). The molecule has 0 aliphatic carbocycles. The van der Waals surface area contributed by atoms with Crippen molar-refractivity contribution in [2.45, 2.75) is 0 Å². The molecule has 4 aromatic rings. The molecule has 0 bridgehead atoms. The van der Waals surface area contributed by atoms with E-state index < -0.39 is 0 Å². The topological polar surface area (TPSA) is 52.0 Å². The summed E-state index contributed by atoms with van der Waals surface area (Å²) in [6, 6.07) is 18.0. The number of nitrogens with two attached hydrogens (primary N) is 1. The van der Waals surface area contributed by atoms with E-state index in [1.54, 1.807) is 12.5 Å². The number of nitrogen functional groups attached to an aromatic ring is 1. The highest BCUT2D eigenvalue weighted by Gasteiger charge is 2.09. The van der Waals surface area contributed by atoms with Crippen LogP contribution in [0.2, 0.25) is 0 Å². The summed E-state index contributed by atoms with van der Waals surface area (Å²) in [5.74, 6) is 0. The van der Waals surface area contributed by atoms with Crippen LogP contribution in [-0.4, -0.2) is 4.98 Å². The lowest BCUT2D eigenvalue weighted by molar-refractivity contribution is 0.617. The van der Waals surface area contributed by atoms with Gasteiger partial charge in [0.2, 0.25) is 0 Å². The van der Waals surface area contributed by atoms with Crippen molar-refractivity contribution >= 4 is 16.7 Å². The van der Waals surface area contributed by atoms with E-state index in [0.717, 1.165) is 38.9 Å². The fraction of sp³-hybridized carbons (Fsp3) is 0. The van der Waals surface area contributed by atoms with Crippen molar-refractivity contribution in [1.82, 2.24) is 4.98 Å². The van der Waals surface area contributed by atoms with Gasteiger partial charge in [-0.15, -0.1) is 0 Å². The number of pyridine rings is 1. The zero-order valence-electron chi connectivity index (χ0n) is 11.9. The van der Waals surface area contributed by atoms with E-state index in [2.05, 4.69) is 17.1 Å². The fourth-order valence-corrected chi connectivity index (χ4v) is 2.67. The van der Waals surface area contributed by atoms with Crippen LogP contribution in [0.3, 0.4) is 0 Å². The highest BCUT2D eigenvalue weighted by molar-refractivity contribution is 5.95. The number of rotatable bonds is 2. The highest BCUT2D eigenvalue weighted by Crippen LogP contribution is 2.33. The highest BCUT2D eigenvalue weighted by atomic mass is 16.3. The van der Waals surface area contributed by atoms with Gasteiger partial charge in [-0.2, -0.15) is 0 Å². The average molecular weight is 286 g/mol. The maximum atomic E-state index is 5.86. The minimum Gasteiger partial charge on any atom is -0.464 e. The summed E-state index contributed by atoms with van der Waals surface area (Å²) in [7, 11) is 0. The molecule has 0 unspecified atom stereocenters. The van der Waals surface area contributed by atoms with Gasteiger partial charge in [0.1, 0.15) is 5.58 Å². The van der Waals surface area contributed by atoms with Gasteiger partial charge in [-0.25, -0.2) is 0 Å². The molecular formula is C19H14N2O. The predicted molar refractivity (Wildman–Crippen MR) is 89.3 cm³/mol. The Bertz CT molecular complexity index is 942. The van der Waals surface area contributed by atoms with Gasteiger partial charge in [0.05, 0.1) is 6.26 Å². The first-order valence-electron chi connectivity index (χ1n) is 7.09. The summed E-state index contributed by atoms with van der Waals surface area (Å²) in [6.45, 7) is 0. The molecule has 3 nitrogen and oxygen atoms in total. The molecule has 0 aliphatic heterocycles. The van der Waals surface area contributed by atoms with Gasteiger partial charge in [0, 0.05) is 34.6 Å². The van der Waals surface area contributed by atoms with Gasteiger partial charge in [-0.05, 0) is 41.5 Å². The largest absolute Gasteiger partial charge is 0.464 e. The lowest BCUT2D eigenvalue weighted by atomic mass is 10.0. The Labute approximate surface area is 128 Å².